The van der Waals surface area contributed by atoms with Crippen molar-refractivity contribution in [3.05, 3.63) is 23.2 Å². The van der Waals surface area contributed by atoms with Crippen molar-refractivity contribution in [3.63, 3.8) is 0 Å². The van der Waals surface area contributed by atoms with Gasteiger partial charge in [0.1, 0.15) is 0 Å². The molecule has 16 heavy (non-hydrogen) atoms. The highest BCUT2D eigenvalue weighted by atomic mass is 35.5. The van der Waals surface area contributed by atoms with Crippen LogP contribution in [0.4, 0.5) is 5.69 Å². The second-order valence-electron chi connectivity index (χ2n) is 3.58. The molecule has 0 fully saturated rings. The Kier molecular flexibility index (Phi) is 5.12. The fourth-order valence-corrected chi connectivity index (χ4v) is 2.12. The molecule has 0 aliphatic rings. The van der Waals surface area contributed by atoms with Gasteiger partial charge in [-0.25, -0.2) is 0 Å². The van der Waals surface area contributed by atoms with Crippen LogP contribution in [-0.2, 0) is 4.79 Å². The number of nitrogens with two attached hydrogens (primary N) is 1. The number of carbonyl (C=O) groups excluding carboxylic acids is 1. The lowest BCUT2D eigenvalue weighted by Gasteiger charge is -2.08. The van der Waals surface area contributed by atoms with Gasteiger partial charge in [0.25, 0.3) is 0 Å². The molecule has 0 aliphatic carbocycles. The van der Waals surface area contributed by atoms with Crippen LogP contribution in [0.15, 0.2) is 23.1 Å². The number of thioether (sulfide) groups is 1. The van der Waals surface area contributed by atoms with Gasteiger partial charge in [-0.05, 0) is 31.4 Å². The molecule has 0 aliphatic heterocycles. The smallest absolute Gasteiger partial charge is 0.225 e. The average Bonchev–Trinajstić information content (AvgIpc) is 2.16. The Labute approximate surface area is 105 Å². The standard InChI is InChI=1S/C11H15ClN2OS/c1-7(13)5-11(15)14-8-3-4-10(16-2)9(12)6-8/h3-4,6-7H,5,13H2,1-2H3,(H,14,15). The summed E-state index contributed by atoms with van der Waals surface area (Å²) >= 11 is 7.59. The Morgan fingerprint density at radius 2 is 2.31 bits per heavy atom. The Morgan fingerprint density at radius 3 is 2.81 bits per heavy atom. The lowest BCUT2D eigenvalue weighted by atomic mass is 10.2. The van der Waals surface area contributed by atoms with Crippen LogP contribution in [0.1, 0.15) is 13.3 Å². The monoisotopic (exact) mass is 258 g/mol. The molecule has 0 radical (unpaired) electrons. The number of benzene rings is 1. The van der Waals surface area contributed by atoms with Gasteiger partial charge >= 0.3 is 0 Å². The minimum Gasteiger partial charge on any atom is -0.327 e. The quantitative estimate of drug-likeness (QED) is 0.817. The molecule has 1 aromatic carbocycles. The Bertz CT molecular complexity index is 382. The van der Waals surface area contributed by atoms with Crippen LogP contribution >= 0.6 is 23.4 Å². The molecule has 3 nitrogen and oxygen atoms in total. The van der Waals surface area contributed by atoms with Crippen molar-refractivity contribution in [2.75, 3.05) is 11.6 Å². The molecule has 0 saturated heterocycles. The minimum absolute atomic E-state index is 0.0945. The van der Waals surface area contributed by atoms with Crippen LogP contribution in [0, 0.1) is 0 Å². The Morgan fingerprint density at radius 1 is 1.62 bits per heavy atom. The topological polar surface area (TPSA) is 55.1 Å². The first kappa shape index (κ1) is 13.4. The van der Waals surface area contributed by atoms with E-state index in [9.17, 15) is 4.79 Å². The van der Waals surface area contributed by atoms with Gasteiger partial charge in [-0.1, -0.05) is 11.6 Å². The summed E-state index contributed by atoms with van der Waals surface area (Å²) in [5.41, 5.74) is 6.23. The number of hydrogen-bond acceptors (Lipinski definition) is 3. The molecule has 3 N–H and O–H groups in total. The highest BCUT2D eigenvalue weighted by molar-refractivity contribution is 7.98. The van der Waals surface area contributed by atoms with E-state index in [-0.39, 0.29) is 11.9 Å². The van der Waals surface area contributed by atoms with Crippen LogP contribution in [0.2, 0.25) is 5.02 Å². The molecule has 0 spiro atoms. The number of amides is 1. The molecule has 1 unspecified atom stereocenters. The van der Waals surface area contributed by atoms with Crippen LogP contribution in [0.25, 0.3) is 0 Å². The number of carbonyl (C=O) groups is 1. The summed E-state index contributed by atoms with van der Waals surface area (Å²) in [7, 11) is 0. The van der Waals surface area contributed by atoms with Crippen molar-refractivity contribution in [3.8, 4) is 0 Å². The number of rotatable bonds is 4. The molecular formula is C11H15ClN2OS. The third-order valence-electron chi connectivity index (χ3n) is 1.94. The molecule has 1 rings (SSSR count). The van der Waals surface area contributed by atoms with Crippen molar-refractivity contribution in [1.29, 1.82) is 0 Å². The van der Waals surface area contributed by atoms with Gasteiger partial charge in [0, 0.05) is 23.0 Å². The van der Waals surface area contributed by atoms with E-state index in [2.05, 4.69) is 5.32 Å². The maximum absolute atomic E-state index is 11.4. The van der Waals surface area contributed by atoms with E-state index in [1.54, 1.807) is 24.8 Å². The van der Waals surface area contributed by atoms with Crippen LogP contribution in [-0.4, -0.2) is 18.2 Å². The van der Waals surface area contributed by atoms with E-state index in [0.29, 0.717) is 17.1 Å². The fraction of sp³-hybridized carbons (Fsp3) is 0.364. The van der Waals surface area contributed by atoms with Crippen LogP contribution < -0.4 is 11.1 Å². The first-order valence-corrected chi connectivity index (χ1v) is 6.52. The molecule has 0 aromatic heterocycles. The first-order valence-electron chi connectivity index (χ1n) is 4.92. The summed E-state index contributed by atoms with van der Waals surface area (Å²) in [5.74, 6) is -0.0945. The predicted octanol–water partition coefficient (Wildman–Crippen LogP) is 2.74. The molecule has 0 saturated carbocycles. The number of halogens is 1. The third kappa shape index (κ3) is 4.04. The van der Waals surface area contributed by atoms with E-state index in [1.807, 2.05) is 18.4 Å². The van der Waals surface area contributed by atoms with Gasteiger partial charge in [0.15, 0.2) is 0 Å². The molecule has 88 valence electrons. The van der Waals surface area contributed by atoms with Gasteiger partial charge in [-0.15, -0.1) is 11.8 Å². The summed E-state index contributed by atoms with van der Waals surface area (Å²) in [6.07, 6.45) is 2.26. The van der Waals surface area contributed by atoms with Gasteiger partial charge in [-0.3, -0.25) is 4.79 Å². The zero-order valence-electron chi connectivity index (χ0n) is 9.29. The zero-order chi connectivity index (χ0) is 12.1. The fourth-order valence-electron chi connectivity index (χ4n) is 1.25. The summed E-state index contributed by atoms with van der Waals surface area (Å²) in [5, 5.41) is 3.40. The van der Waals surface area contributed by atoms with E-state index in [1.165, 1.54) is 0 Å². The minimum atomic E-state index is -0.138. The largest absolute Gasteiger partial charge is 0.327 e. The lowest BCUT2D eigenvalue weighted by molar-refractivity contribution is -0.116. The normalized spacial score (nSPS) is 12.2. The number of anilines is 1. The first-order chi connectivity index (χ1) is 7.52. The highest BCUT2D eigenvalue weighted by Crippen LogP contribution is 2.27. The molecule has 5 heteroatoms. The van der Waals surface area contributed by atoms with Crippen LogP contribution in [0.5, 0.6) is 0 Å². The van der Waals surface area contributed by atoms with Crippen molar-refractivity contribution in [2.45, 2.75) is 24.3 Å². The maximum Gasteiger partial charge on any atom is 0.225 e. The van der Waals surface area contributed by atoms with Crippen molar-refractivity contribution >= 4 is 35.0 Å². The maximum atomic E-state index is 11.4. The van der Waals surface area contributed by atoms with Crippen molar-refractivity contribution in [1.82, 2.24) is 0 Å². The highest BCUT2D eigenvalue weighted by Gasteiger charge is 2.06. The molecule has 1 aromatic rings. The van der Waals surface area contributed by atoms with E-state index in [4.69, 9.17) is 17.3 Å². The molecule has 0 heterocycles. The van der Waals surface area contributed by atoms with Crippen LogP contribution in [0.3, 0.4) is 0 Å². The predicted molar refractivity (Wildman–Crippen MR) is 70.1 cm³/mol. The van der Waals surface area contributed by atoms with Crippen molar-refractivity contribution in [2.24, 2.45) is 5.73 Å². The molecule has 1 amide bonds. The van der Waals surface area contributed by atoms with Gasteiger partial charge in [0.05, 0.1) is 5.02 Å². The summed E-state index contributed by atoms with van der Waals surface area (Å²) in [4.78, 5) is 12.4. The SMILES string of the molecule is CSc1ccc(NC(=O)CC(C)N)cc1Cl. The third-order valence-corrected chi connectivity index (χ3v) is 3.16. The van der Waals surface area contributed by atoms with E-state index >= 15 is 0 Å². The zero-order valence-corrected chi connectivity index (χ0v) is 10.9. The van der Waals surface area contributed by atoms with Gasteiger partial charge in [0.2, 0.25) is 5.91 Å². The second kappa shape index (κ2) is 6.13. The van der Waals surface area contributed by atoms with E-state index < -0.39 is 0 Å². The Balaban J connectivity index is 2.68. The van der Waals surface area contributed by atoms with E-state index in [0.717, 1.165) is 4.90 Å². The van der Waals surface area contributed by atoms with Gasteiger partial charge in [-0.2, -0.15) is 0 Å². The Hall–Kier alpha value is -0.710. The molecular weight excluding hydrogens is 244 g/mol. The molecule has 1 atom stereocenters. The number of hydrogen-bond donors (Lipinski definition) is 2. The van der Waals surface area contributed by atoms with Crippen molar-refractivity contribution < 1.29 is 4.79 Å². The summed E-state index contributed by atoms with van der Waals surface area (Å²) in [6, 6.07) is 5.32. The summed E-state index contributed by atoms with van der Waals surface area (Å²) in [6.45, 7) is 1.80. The number of nitrogens with one attached hydrogen (secondary N) is 1. The lowest BCUT2D eigenvalue weighted by Crippen LogP contribution is -2.23. The average molecular weight is 259 g/mol. The molecule has 0 bridgehead atoms. The summed E-state index contributed by atoms with van der Waals surface area (Å²) < 4.78 is 0. The van der Waals surface area contributed by atoms with Gasteiger partial charge < -0.3 is 11.1 Å². The second-order valence-corrected chi connectivity index (χ2v) is 4.83.